The summed E-state index contributed by atoms with van der Waals surface area (Å²) in [6.45, 7) is 4.06. The van der Waals surface area contributed by atoms with Gasteiger partial charge in [-0.1, -0.05) is 26.0 Å². The number of aromatic amines is 1. The van der Waals surface area contributed by atoms with Gasteiger partial charge in [-0.15, -0.1) is 0 Å². The van der Waals surface area contributed by atoms with Crippen LogP contribution in [0.1, 0.15) is 25.3 Å². The van der Waals surface area contributed by atoms with E-state index < -0.39 is 5.97 Å². The third-order valence-corrected chi connectivity index (χ3v) is 4.06. The lowest BCUT2D eigenvalue weighted by atomic mass is 10.00. The molecule has 0 aliphatic heterocycles. The van der Waals surface area contributed by atoms with Gasteiger partial charge in [0.15, 0.2) is 0 Å². The molecule has 1 aliphatic rings. The summed E-state index contributed by atoms with van der Waals surface area (Å²) in [4.78, 5) is 14.4. The molecule has 0 radical (unpaired) electrons. The van der Waals surface area contributed by atoms with E-state index in [-0.39, 0.29) is 17.3 Å². The fourth-order valence-corrected chi connectivity index (χ4v) is 3.06. The van der Waals surface area contributed by atoms with Gasteiger partial charge in [0.05, 0.1) is 5.92 Å². The number of carboxylic acids is 1. The van der Waals surface area contributed by atoms with E-state index in [1.807, 2.05) is 44.3 Å². The molecule has 0 amide bonds. The van der Waals surface area contributed by atoms with Gasteiger partial charge in [-0.2, -0.15) is 0 Å². The molecule has 3 nitrogen and oxygen atoms in total. The van der Waals surface area contributed by atoms with E-state index >= 15 is 0 Å². The molecule has 1 aromatic carbocycles. The van der Waals surface area contributed by atoms with E-state index in [9.17, 15) is 9.90 Å². The van der Waals surface area contributed by atoms with Crippen LogP contribution in [0.25, 0.3) is 10.9 Å². The Morgan fingerprint density at radius 2 is 2.12 bits per heavy atom. The minimum absolute atomic E-state index is 0.125. The van der Waals surface area contributed by atoms with Crippen LogP contribution in [-0.2, 0) is 4.79 Å². The van der Waals surface area contributed by atoms with Gasteiger partial charge in [-0.05, 0) is 23.1 Å². The van der Waals surface area contributed by atoms with Crippen LogP contribution in [0.15, 0.2) is 30.5 Å². The standard InChI is InChI=1S/C14H15NO2/c1-14(2)11(12(14)13(16)17)9-4-3-5-10-8(9)6-7-15-10/h3-7,11-12,15H,1-2H3,(H,16,17). The molecular weight excluding hydrogens is 214 g/mol. The quantitative estimate of drug-likeness (QED) is 0.831. The number of carbonyl (C=O) groups is 1. The van der Waals surface area contributed by atoms with Crippen molar-refractivity contribution in [3.05, 3.63) is 36.0 Å². The highest BCUT2D eigenvalue weighted by Gasteiger charge is 2.62. The highest BCUT2D eigenvalue weighted by molar-refractivity contribution is 5.87. The number of aromatic nitrogens is 1. The topological polar surface area (TPSA) is 53.1 Å². The molecule has 2 aromatic rings. The average molecular weight is 229 g/mol. The van der Waals surface area contributed by atoms with Gasteiger partial charge < -0.3 is 10.1 Å². The molecule has 0 bridgehead atoms. The number of benzene rings is 1. The van der Waals surface area contributed by atoms with Crippen molar-refractivity contribution >= 4 is 16.9 Å². The van der Waals surface area contributed by atoms with Crippen LogP contribution in [0.3, 0.4) is 0 Å². The summed E-state index contributed by atoms with van der Waals surface area (Å²) in [6.07, 6.45) is 1.90. The van der Waals surface area contributed by atoms with Gasteiger partial charge in [-0.3, -0.25) is 4.79 Å². The Bertz CT molecular complexity index is 597. The van der Waals surface area contributed by atoms with Crippen molar-refractivity contribution in [2.75, 3.05) is 0 Å². The fraction of sp³-hybridized carbons (Fsp3) is 0.357. The molecule has 3 rings (SSSR count). The summed E-state index contributed by atoms with van der Waals surface area (Å²) >= 11 is 0. The number of fused-ring (bicyclic) bond motifs is 1. The second-order valence-electron chi connectivity index (χ2n) is 5.40. The second-order valence-corrected chi connectivity index (χ2v) is 5.40. The summed E-state index contributed by atoms with van der Waals surface area (Å²) in [7, 11) is 0. The van der Waals surface area contributed by atoms with Crippen molar-refractivity contribution in [2.45, 2.75) is 19.8 Å². The van der Waals surface area contributed by atoms with Crippen molar-refractivity contribution in [2.24, 2.45) is 11.3 Å². The maximum Gasteiger partial charge on any atom is 0.307 e. The van der Waals surface area contributed by atoms with Gasteiger partial charge >= 0.3 is 5.97 Å². The molecule has 1 aliphatic carbocycles. The second kappa shape index (κ2) is 3.13. The molecule has 1 saturated carbocycles. The Morgan fingerprint density at radius 3 is 2.76 bits per heavy atom. The van der Waals surface area contributed by atoms with Crippen LogP contribution in [0.2, 0.25) is 0 Å². The minimum atomic E-state index is -0.687. The van der Waals surface area contributed by atoms with Crippen LogP contribution in [-0.4, -0.2) is 16.1 Å². The largest absolute Gasteiger partial charge is 0.481 e. The van der Waals surface area contributed by atoms with Crippen LogP contribution in [0.5, 0.6) is 0 Å². The Kier molecular flexibility index (Phi) is 1.91. The minimum Gasteiger partial charge on any atom is -0.481 e. The van der Waals surface area contributed by atoms with Crippen molar-refractivity contribution in [3.63, 3.8) is 0 Å². The third-order valence-electron chi connectivity index (χ3n) is 4.06. The zero-order valence-electron chi connectivity index (χ0n) is 9.90. The summed E-state index contributed by atoms with van der Waals surface area (Å²) in [5.74, 6) is -0.824. The molecule has 2 N–H and O–H groups in total. The Morgan fingerprint density at radius 1 is 1.35 bits per heavy atom. The van der Waals surface area contributed by atoms with Crippen molar-refractivity contribution in [1.29, 1.82) is 0 Å². The van der Waals surface area contributed by atoms with Crippen LogP contribution in [0, 0.1) is 11.3 Å². The summed E-state index contributed by atoms with van der Waals surface area (Å²) in [5.41, 5.74) is 2.09. The molecule has 1 aromatic heterocycles. The predicted molar refractivity (Wildman–Crippen MR) is 65.9 cm³/mol. The summed E-state index contributed by atoms with van der Waals surface area (Å²) in [5, 5.41) is 10.4. The summed E-state index contributed by atoms with van der Waals surface area (Å²) < 4.78 is 0. The van der Waals surface area contributed by atoms with Gasteiger partial charge in [0, 0.05) is 23.0 Å². The lowest BCUT2D eigenvalue weighted by molar-refractivity contribution is -0.139. The third kappa shape index (κ3) is 1.32. The number of hydrogen-bond donors (Lipinski definition) is 2. The van der Waals surface area contributed by atoms with Crippen LogP contribution >= 0.6 is 0 Å². The molecule has 17 heavy (non-hydrogen) atoms. The summed E-state index contributed by atoms with van der Waals surface area (Å²) in [6, 6.07) is 8.08. The SMILES string of the molecule is CC1(C)C(C(=O)O)C1c1cccc2[nH]ccc12. The first-order valence-corrected chi connectivity index (χ1v) is 5.82. The highest BCUT2D eigenvalue weighted by Crippen LogP contribution is 2.65. The molecule has 0 spiro atoms. The Labute approximate surface area is 99.5 Å². The van der Waals surface area contributed by atoms with Crippen molar-refractivity contribution < 1.29 is 9.90 Å². The van der Waals surface area contributed by atoms with Gasteiger partial charge in [0.25, 0.3) is 0 Å². The van der Waals surface area contributed by atoms with Crippen molar-refractivity contribution in [3.8, 4) is 0 Å². The maximum atomic E-state index is 11.2. The molecule has 2 unspecified atom stereocenters. The molecule has 1 heterocycles. The maximum absolute atomic E-state index is 11.2. The first-order chi connectivity index (χ1) is 8.03. The lowest BCUT2D eigenvalue weighted by Gasteiger charge is -2.04. The van der Waals surface area contributed by atoms with E-state index in [4.69, 9.17) is 0 Å². The first kappa shape index (κ1) is 10.4. The van der Waals surface area contributed by atoms with Crippen molar-refractivity contribution in [1.82, 2.24) is 4.98 Å². The monoisotopic (exact) mass is 229 g/mol. The smallest absolute Gasteiger partial charge is 0.307 e. The molecule has 3 heteroatoms. The van der Waals surface area contributed by atoms with E-state index in [2.05, 4.69) is 4.98 Å². The van der Waals surface area contributed by atoms with Gasteiger partial charge in [0.1, 0.15) is 0 Å². The number of carboxylic acid groups (broad SMARTS) is 1. The van der Waals surface area contributed by atoms with E-state index in [0.29, 0.717) is 0 Å². The molecule has 0 saturated heterocycles. The zero-order valence-corrected chi connectivity index (χ0v) is 9.90. The number of H-pyrrole nitrogens is 1. The molecular formula is C14H15NO2. The number of nitrogens with one attached hydrogen (secondary N) is 1. The first-order valence-electron chi connectivity index (χ1n) is 5.82. The van der Waals surface area contributed by atoms with E-state index in [1.54, 1.807) is 0 Å². The van der Waals surface area contributed by atoms with Crippen LogP contribution < -0.4 is 0 Å². The van der Waals surface area contributed by atoms with E-state index in [0.717, 1.165) is 16.5 Å². The van der Waals surface area contributed by atoms with Crippen LogP contribution in [0.4, 0.5) is 0 Å². The number of hydrogen-bond acceptors (Lipinski definition) is 1. The van der Waals surface area contributed by atoms with Gasteiger partial charge in [0.2, 0.25) is 0 Å². The number of aliphatic carboxylic acids is 1. The highest BCUT2D eigenvalue weighted by atomic mass is 16.4. The predicted octanol–water partition coefficient (Wildman–Crippen LogP) is 2.99. The normalized spacial score (nSPS) is 26.0. The zero-order chi connectivity index (χ0) is 12.2. The fourth-order valence-electron chi connectivity index (χ4n) is 3.06. The Hall–Kier alpha value is -1.77. The number of rotatable bonds is 2. The molecule has 1 fully saturated rings. The molecule has 88 valence electrons. The molecule has 2 atom stereocenters. The lowest BCUT2D eigenvalue weighted by Crippen LogP contribution is -2.03. The average Bonchev–Trinajstić information content (AvgIpc) is 2.65. The van der Waals surface area contributed by atoms with E-state index in [1.165, 1.54) is 0 Å². The Balaban J connectivity index is 2.12. The van der Waals surface area contributed by atoms with Gasteiger partial charge in [-0.25, -0.2) is 0 Å².